The Balaban J connectivity index is 2.31. The molecule has 0 bridgehead atoms. The number of benzene rings is 1. The Morgan fingerprint density at radius 3 is 2.89 bits per heavy atom. The number of imidazole rings is 1. The lowest BCUT2D eigenvalue weighted by molar-refractivity contribution is 0.441. The molecule has 1 aromatic carbocycles. The van der Waals surface area contributed by atoms with Crippen molar-refractivity contribution in [3.8, 4) is 0 Å². The molecule has 3 rings (SSSR count). The molecule has 3 aromatic rings. The summed E-state index contributed by atoms with van der Waals surface area (Å²) in [6.07, 6.45) is 1.82. The van der Waals surface area contributed by atoms with Gasteiger partial charge in [-0.2, -0.15) is 0 Å². The fraction of sp³-hybridized carbons (Fsp3) is 0.231. The minimum Gasteiger partial charge on any atom is -0.330 e. The van der Waals surface area contributed by atoms with Gasteiger partial charge in [0.15, 0.2) is 4.77 Å². The van der Waals surface area contributed by atoms with Crippen LogP contribution in [0.5, 0.6) is 0 Å². The van der Waals surface area contributed by atoms with Gasteiger partial charge in [0.1, 0.15) is 5.01 Å². The SMILES string of the molecule is CC(C)(c1nccs1)n1c(=S)[nH]c2cc(Cl)ccc21. The van der Waals surface area contributed by atoms with Crippen LogP contribution in [0.25, 0.3) is 11.0 Å². The van der Waals surface area contributed by atoms with Crippen molar-refractivity contribution in [1.82, 2.24) is 14.5 Å². The summed E-state index contributed by atoms with van der Waals surface area (Å²) in [5.41, 5.74) is 1.69. The van der Waals surface area contributed by atoms with Crippen LogP contribution >= 0.6 is 35.2 Å². The molecule has 0 unspecified atom stereocenters. The lowest BCUT2D eigenvalue weighted by atomic mass is 10.1. The number of aromatic nitrogens is 3. The Kier molecular flexibility index (Phi) is 3.00. The number of nitrogens with zero attached hydrogens (tertiary/aromatic N) is 2. The van der Waals surface area contributed by atoms with Crippen molar-refractivity contribution in [2.75, 3.05) is 0 Å². The molecule has 0 atom stereocenters. The van der Waals surface area contributed by atoms with Gasteiger partial charge in [-0.05, 0) is 44.3 Å². The van der Waals surface area contributed by atoms with Gasteiger partial charge in [0.05, 0.1) is 16.6 Å². The molecule has 2 heterocycles. The second-order valence-electron chi connectivity index (χ2n) is 4.82. The minimum atomic E-state index is -0.294. The Hall–Kier alpha value is -1.17. The van der Waals surface area contributed by atoms with Gasteiger partial charge in [-0.15, -0.1) is 11.3 Å². The van der Waals surface area contributed by atoms with Crippen LogP contribution in [0, 0.1) is 4.77 Å². The molecule has 0 fully saturated rings. The van der Waals surface area contributed by atoms with E-state index in [1.54, 1.807) is 11.3 Å². The quantitative estimate of drug-likeness (QED) is 0.702. The highest BCUT2D eigenvalue weighted by atomic mass is 35.5. The van der Waals surface area contributed by atoms with Crippen molar-refractivity contribution in [2.24, 2.45) is 0 Å². The zero-order valence-electron chi connectivity index (χ0n) is 10.5. The Labute approximate surface area is 124 Å². The first-order chi connectivity index (χ1) is 9.00. The maximum atomic E-state index is 6.02. The van der Waals surface area contributed by atoms with Gasteiger partial charge in [0.2, 0.25) is 0 Å². The average Bonchev–Trinajstić information content (AvgIpc) is 2.94. The van der Waals surface area contributed by atoms with E-state index in [1.165, 1.54) is 0 Å². The van der Waals surface area contributed by atoms with Crippen molar-refractivity contribution >= 4 is 46.2 Å². The monoisotopic (exact) mass is 309 g/mol. The van der Waals surface area contributed by atoms with E-state index in [9.17, 15) is 0 Å². The number of thiazole rings is 1. The van der Waals surface area contributed by atoms with E-state index < -0.39 is 0 Å². The number of hydrogen-bond donors (Lipinski definition) is 1. The van der Waals surface area contributed by atoms with E-state index in [0.29, 0.717) is 9.79 Å². The highest BCUT2D eigenvalue weighted by Crippen LogP contribution is 2.32. The number of halogens is 1. The van der Waals surface area contributed by atoms with E-state index in [0.717, 1.165) is 16.0 Å². The van der Waals surface area contributed by atoms with E-state index in [2.05, 4.69) is 28.4 Å². The van der Waals surface area contributed by atoms with Crippen molar-refractivity contribution in [3.05, 3.63) is 44.6 Å². The van der Waals surface area contributed by atoms with Gasteiger partial charge in [-0.25, -0.2) is 4.98 Å². The highest BCUT2D eigenvalue weighted by molar-refractivity contribution is 7.71. The van der Waals surface area contributed by atoms with E-state index in [-0.39, 0.29) is 5.54 Å². The Bertz CT molecular complexity index is 784. The molecule has 19 heavy (non-hydrogen) atoms. The van der Waals surface area contributed by atoms with Crippen LogP contribution < -0.4 is 0 Å². The van der Waals surface area contributed by atoms with Crippen molar-refractivity contribution < 1.29 is 0 Å². The molecule has 6 heteroatoms. The molecule has 3 nitrogen and oxygen atoms in total. The summed E-state index contributed by atoms with van der Waals surface area (Å²) in [5, 5.41) is 3.70. The first-order valence-corrected chi connectivity index (χ1v) is 7.47. The number of rotatable bonds is 2. The summed E-state index contributed by atoms with van der Waals surface area (Å²) in [5.74, 6) is 0. The van der Waals surface area contributed by atoms with Gasteiger partial charge in [-0.1, -0.05) is 11.6 Å². The normalized spacial score (nSPS) is 12.2. The summed E-state index contributed by atoms with van der Waals surface area (Å²) in [4.78, 5) is 7.63. The molecule has 98 valence electrons. The van der Waals surface area contributed by atoms with Crippen molar-refractivity contribution in [3.63, 3.8) is 0 Å². The van der Waals surface area contributed by atoms with Crippen LogP contribution in [0.3, 0.4) is 0 Å². The molecule has 0 amide bonds. The number of aromatic amines is 1. The largest absolute Gasteiger partial charge is 0.330 e. The van der Waals surface area contributed by atoms with Crippen molar-refractivity contribution in [1.29, 1.82) is 0 Å². The zero-order chi connectivity index (χ0) is 13.6. The number of H-pyrrole nitrogens is 1. The number of nitrogens with one attached hydrogen (secondary N) is 1. The molecular formula is C13H12ClN3S2. The third-order valence-corrected chi connectivity index (χ3v) is 4.76. The number of hydrogen-bond acceptors (Lipinski definition) is 3. The fourth-order valence-electron chi connectivity index (χ4n) is 2.26. The summed E-state index contributed by atoms with van der Waals surface area (Å²) in [6, 6.07) is 5.75. The molecule has 0 aliphatic heterocycles. The molecule has 0 radical (unpaired) electrons. The summed E-state index contributed by atoms with van der Waals surface area (Å²) in [7, 11) is 0. The molecule has 2 aromatic heterocycles. The smallest absolute Gasteiger partial charge is 0.178 e. The molecule has 0 saturated carbocycles. The third-order valence-electron chi connectivity index (χ3n) is 3.16. The molecule has 0 aliphatic carbocycles. The van der Waals surface area contributed by atoms with Gasteiger partial charge in [0, 0.05) is 16.6 Å². The molecule has 1 N–H and O–H groups in total. The second-order valence-corrected chi connectivity index (χ2v) is 6.54. The standard InChI is InChI=1S/C13H12ClN3S2/c1-13(2,11-15-5-6-19-11)17-10-4-3-8(14)7-9(10)16-12(17)18/h3-7H,1-2H3,(H,16,18). The second kappa shape index (κ2) is 4.44. The highest BCUT2D eigenvalue weighted by Gasteiger charge is 2.28. The fourth-order valence-corrected chi connectivity index (χ4v) is 3.62. The van der Waals surface area contributed by atoms with Gasteiger partial charge < -0.3 is 9.55 Å². The summed E-state index contributed by atoms with van der Waals surface area (Å²) < 4.78 is 2.77. The van der Waals surface area contributed by atoms with E-state index in [4.69, 9.17) is 23.8 Å². The molecular weight excluding hydrogens is 298 g/mol. The van der Waals surface area contributed by atoms with Crippen molar-refractivity contribution in [2.45, 2.75) is 19.4 Å². The molecule has 0 aliphatic rings. The van der Waals surface area contributed by atoms with Gasteiger partial charge >= 0.3 is 0 Å². The summed E-state index contributed by atoms with van der Waals surface area (Å²) >= 11 is 13.1. The predicted octanol–water partition coefficient (Wildman–Crippen LogP) is 4.59. The lowest BCUT2D eigenvalue weighted by Gasteiger charge is -2.25. The number of fused-ring (bicyclic) bond motifs is 1. The Morgan fingerprint density at radius 2 is 2.21 bits per heavy atom. The van der Waals surface area contributed by atoms with Crippen LogP contribution in [0.2, 0.25) is 5.02 Å². The third kappa shape index (κ3) is 2.02. The first kappa shape index (κ1) is 12.8. The van der Waals surface area contributed by atoms with Crippen LogP contribution in [-0.2, 0) is 5.54 Å². The van der Waals surface area contributed by atoms with E-state index in [1.807, 2.05) is 29.8 Å². The Morgan fingerprint density at radius 1 is 1.42 bits per heavy atom. The average molecular weight is 310 g/mol. The van der Waals surface area contributed by atoms with Crippen LogP contribution in [0.4, 0.5) is 0 Å². The maximum absolute atomic E-state index is 6.02. The van der Waals surface area contributed by atoms with Crippen LogP contribution in [0.1, 0.15) is 18.9 Å². The lowest BCUT2D eigenvalue weighted by Crippen LogP contribution is -2.27. The van der Waals surface area contributed by atoms with Gasteiger partial charge in [0.25, 0.3) is 0 Å². The maximum Gasteiger partial charge on any atom is 0.178 e. The minimum absolute atomic E-state index is 0.294. The van der Waals surface area contributed by atoms with Crippen LogP contribution in [0.15, 0.2) is 29.8 Å². The predicted molar refractivity (Wildman–Crippen MR) is 82.7 cm³/mol. The van der Waals surface area contributed by atoms with Crippen LogP contribution in [-0.4, -0.2) is 14.5 Å². The summed E-state index contributed by atoms with van der Waals surface area (Å²) in [6.45, 7) is 4.23. The van der Waals surface area contributed by atoms with E-state index >= 15 is 0 Å². The zero-order valence-corrected chi connectivity index (χ0v) is 12.9. The van der Waals surface area contributed by atoms with Gasteiger partial charge in [-0.3, -0.25) is 0 Å². The topological polar surface area (TPSA) is 33.6 Å². The molecule has 0 saturated heterocycles. The molecule has 0 spiro atoms. The first-order valence-electron chi connectivity index (χ1n) is 5.81.